The second-order valence-electron chi connectivity index (χ2n) is 7.71. The molecule has 6 heteroatoms. The predicted octanol–water partition coefficient (Wildman–Crippen LogP) is 5.21. The highest BCUT2D eigenvalue weighted by Gasteiger charge is 2.33. The Morgan fingerprint density at radius 2 is 1.83 bits per heavy atom. The van der Waals surface area contributed by atoms with Crippen LogP contribution in [0, 0.1) is 5.92 Å². The van der Waals surface area contributed by atoms with E-state index in [4.69, 9.17) is 14.2 Å². The molecule has 1 aromatic carbocycles. The Bertz CT molecular complexity index is 659. The van der Waals surface area contributed by atoms with Gasteiger partial charge < -0.3 is 19.5 Å². The van der Waals surface area contributed by atoms with Crippen molar-refractivity contribution in [3.05, 3.63) is 23.8 Å². The van der Waals surface area contributed by atoms with E-state index in [0.29, 0.717) is 42.6 Å². The lowest BCUT2D eigenvalue weighted by Crippen LogP contribution is -2.42. The SMILES string of the molecule is CCCCC[C@@](C)(OCC)C(=O)Nc1ccc(OCC(C)C)c(C(=O)OCC)c1. The summed E-state index contributed by atoms with van der Waals surface area (Å²) in [7, 11) is 0. The number of amides is 1. The number of ether oxygens (including phenoxy) is 3. The summed E-state index contributed by atoms with van der Waals surface area (Å²) in [4.78, 5) is 25.3. The van der Waals surface area contributed by atoms with Crippen LogP contribution in [-0.4, -0.2) is 37.3 Å². The lowest BCUT2D eigenvalue weighted by Gasteiger charge is -2.28. The largest absolute Gasteiger partial charge is 0.492 e. The zero-order valence-electron chi connectivity index (χ0n) is 18.8. The molecule has 0 saturated carbocycles. The standard InChI is InChI=1S/C23H37NO5/c1-7-10-11-14-23(6,29-9-3)22(26)24-18-12-13-20(28-16-17(4)5)19(15-18)21(25)27-8-2/h12-13,15,17H,7-11,14,16H2,1-6H3,(H,24,26)/t23-/m1/s1. The first-order chi connectivity index (χ1) is 13.8. The molecule has 0 spiro atoms. The Labute approximate surface area is 175 Å². The van der Waals surface area contributed by atoms with Crippen LogP contribution < -0.4 is 10.1 Å². The Hall–Kier alpha value is -2.08. The molecule has 164 valence electrons. The summed E-state index contributed by atoms with van der Waals surface area (Å²) in [6, 6.07) is 5.03. The number of anilines is 1. The molecule has 1 atom stereocenters. The van der Waals surface area contributed by atoms with Gasteiger partial charge >= 0.3 is 5.97 Å². The van der Waals surface area contributed by atoms with E-state index in [1.807, 2.05) is 27.7 Å². The maximum absolute atomic E-state index is 12.9. The fourth-order valence-corrected chi connectivity index (χ4v) is 2.90. The third-order valence-corrected chi connectivity index (χ3v) is 4.51. The van der Waals surface area contributed by atoms with E-state index < -0.39 is 11.6 Å². The number of rotatable bonds is 13. The summed E-state index contributed by atoms with van der Waals surface area (Å²) in [5.41, 5.74) is -0.105. The molecule has 1 amide bonds. The topological polar surface area (TPSA) is 73.9 Å². The molecule has 1 rings (SSSR count). The molecular formula is C23H37NO5. The van der Waals surface area contributed by atoms with Crippen LogP contribution in [0.5, 0.6) is 5.75 Å². The molecule has 0 unspecified atom stereocenters. The summed E-state index contributed by atoms with van der Waals surface area (Å²) < 4.78 is 16.7. The van der Waals surface area contributed by atoms with E-state index in [1.165, 1.54) is 0 Å². The van der Waals surface area contributed by atoms with Gasteiger partial charge in [0.25, 0.3) is 5.91 Å². The van der Waals surface area contributed by atoms with Gasteiger partial charge in [-0.3, -0.25) is 4.79 Å². The van der Waals surface area contributed by atoms with Crippen molar-refractivity contribution in [3.8, 4) is 5.75 Å². The van der Waals surface area contributed by atoms with Crippen LogP contribution >= 0.6 is 0 Å². The number of nitrogens with one attached hydrogen (secondary N) is 1. The first kappa shape index (κ1) is 25.0. The van der Waals surface area contributed by atoms with Gasteiger partial charge in [-0.25, -0.2) is 4.79 Å². The average Bonchev–Trinajstić information content (AvgIpc) is 2.67. The normalized spacial score (nSPS) is 13.1. The average molecular weight is 408 g/mol. The van der Waals surface area contributed by atoms with Crippen LogP contribution in [0.1, 0.15) is 77.6 Å². The molecule has 0 saturated heterocycles. The molecule has 1 aromatic rings. The fourth-order valence-electron chi connectivity index (χ4n) is 2.90. The molecule has 0 radical (unpaired) electrons. The van der Waals surface area contributed by atoms with Crippen molar-refractivity contribution in [2.75, 3.05) is 25.1 Å². The van der Waals surface area contributed by atoms with Crippen molar-refractivity contribution < 1.29 is 23.8 Å². The van der Waals surface area contributed by atoms with Gasteiger partial charge in [0.15, 0.2) is 0 Å². The van der Waals surface area contributed by atoms with Crippen molar-refractivity contribution in [1.29, 1.82) is 0 Å². The second kappa shape index (κ2) is 12.5. The number of benzene rings is 1. The Balaban J connectivity index is 3.05. The quantitative estimate of drug-likeness (QED) is 0.359. The van der Waals surface area contributed by atoms with E-state index in [1.54, 1.807) is 25.1 Å². The van der Waals surface area contributed by atoms with Crippen LogP contribution in [0.3, 0.4) is 0 Å². The molecular weight excluding hydrogens is 370 g/mol. The van der Waals surface area contributed by atoms with E-state index in [2.05, 4.69) is 12.2 Å². The van der Waals surface area contributed by atoms with Gasteiger partial charge in [0.2, 0.25) is 0 Å². The minimum absolute atomic E-state index is 0.221. The molecule has 0 aromatic heterocycles. The van der Waals surface area contributed by atoms with Gasteiger partial charge in [0, 0.05) is 12.3 Å². The van der Waals surface area contributed by atoms with Gasteiger partial charge in [-0.05, 0) is 51.3 Å². The molecule has 6 nitrogen and oxygen atoms in total. The first-order valence-corrected chi connectivity index (χ1v) is 10.7. The highest BCUT2D eigenvalue weighted by molar-refractivity contribution is 5.99. The lowest BCUT2D eigenvalue weighted by atomic mass is 9.96. The van der Waals surface area contributed by atoms with Gasteiger partial charge in [-0.2, -0.15) is 0 Å². The van der Waals surface area contributed by atoms with Crippen molar-refractivity contribution in [2.45, 2.75) is 72.8 Å². The highest BCUT2D eigenvalue weighted by Crippen LogP contribution is 2.27. The van der Waals surface area contributed by atoms with E-state index in [9.17, 15) is 9.59 Å². The number of carbonyl (C=O) groups excluding carboxylic acids is 2. The maximum Gasteiger partial charge on any atom is 0.341 e. The number of hydrogen-bond donors (Lipinski definition) is 1. The van der Waals surface area contributed by atoms with Gasteiger partial charge in [-0.15, -0.1) is 0 Å². The van der Waals surface area contributed by atoms with Crippen molar-refractivity contribution in [1.82, 2.24) is 0 Å². The molecule has 0 aliphatic rings. The smallest absolute Gasteiger partial charge is 0.341 e. The molecule has 29 heavy (non-hydrogen) atoms. The summed E-state index contributed by atoms with van der Waals surface area (Å²) >= 11 is 0. The first-order valence-electron chi connectivity index (χ1n) is 10.7. The van der Waals surface area contributed by atoms with E-state index >= 15 is 0 Å². The molecule has 0 bridgehead atoms. The van der Waals surface area contributed by atoms with Crippen molar-refractivity contribution in [3.63, 3.8) is 0 Å². The minimum Gasteiger partial charge on any atom is -0.492 e. The molecule has 0 heterocycles. The third kappa shape index (κ3) is 8.05. The van der Waals surface area contributed by atoms with Gasteiger partial charge in [0.1, 0.15) is 16.9 Å². The summed E-state index contributed by atoms with van der Waals surface area (Å²) in [6.45, 7) is 12.8. The van der Waals surface area contributed by atoms with Crippen molar-refractivity contribution in [2.24, 2.45) is 5.92 Å². The van der Waals surface area contributed by atoms with Crippen LogP contribution in [0.2, 0.25) is 0 Å². The highest BCUT2D eigenvalue weighted by atomic mass is 16.5. The Morgan fingerprint density at radius 1 is 1.10 bits per heavy atom. The zero-order chi connectivity index (χ0) is 21.9. The minimum atomic E-state index is -0.916. The van der Waals surface area contributed by atoms with Crippen LogP contribution in [0.4, 0.5) is 5.69 Å². The van der Waals surface area contributed by atoms with E-state index in [-0.39, 0.29) is 12.5 Å². The van der Waals surface area contributed by atoms with Gasteiger partial charge in [0.05, 0.1) is 13.2 Å². The second-order valence-corrected chi connectivity index (χ2v) is 7.71. The number of hydrogen-bond acceptors (Lipinski definition) is 5. The molecule has 0 aliphatic carbocycles. The summed E-state index contributed by atoms with van der Waals surface area (Å²) in [5.74, 6) is 0.0732. The monoisotopic (exact) mass is 407 g/mol. The molecule has 0 fully saturated rings. The lowest BCUT2D eigenvalue weighted by molar-refractivity contribution is -0.139. The fraction of sp³-hybridized carbons (Fsp3) is 0.652. The number of unbranched alkanes of at least 4 members (excludes halogenated alkanes) is 2. The summed E-state index contributed by atoms with van der Waals surface area (Å²) in [6.07, 6.45) is 3.67. The van der Waals surface area contributed by atoms with Crippen molar-refractivity contribution >= 4 is 17.6 Å². The van der Waals surface area contributed by atoms with Gasteiger partial charge in [-0.1, -0.05) is 40.0 Å². The van der Waals surface area contributed by atoms with Crippen LogP contribution in [-0.2, 0) is 14.3 Å². The Morgan fingerprint density at radius 3 is 2.41 bits per heavy atom. The summed E-state index contributed by atoms with van der Waals surface area (Å²) in [5, 5.41) is 2.90. The molecule has 1 N–H and O–H groups in total. The van der Waals surface area contributed by atoms with Crippen LogP contribution in [0.15, 0.2) is 18.2 Å². The third-order valence-electron chi connectivity index (χ3n) is 4.51. The number of carbonyl (C=O) groups is 2. The number of esters is 1. The zero-order valence-corrected chi connectivity index (χ0v) is 18.8. The predicted molar refractivity (Wildman–Crippen MR) is 116 cm³/mol. The Kier molecular flexibility index (Phi) is 10.7. The maximum atomic E-state index is 12.9. The molecule has 0 aliphatic heterocycles. The van der Waals surface area contributed by atoms with Crippen LogP contribution in [0.25, 0.3) is 0 Å². The van der Waals surface area contributed by atoms with E-state index in [0.717, 1.165) is 19.3 Å².